The van der Waals surface area contributed by atoms with Gasteiger partial charge in [-0.2, -0.15) is 0 Å². The van der Waals surface area contributed by atoms with Crippen LogP contribution in [-0.2, 0) is 10.5 Å². The third-order valence-corrected chi connectivity index (χ3v) is 6.45. The smallest absolute Gasteiger partial charge is 0.234 e. The van der Waals surface area contributed by atoms with Crippen LogP contribution in [0.15, 0.2) is 71.0 Å². The van der Waals surface area contributed by atoms with Gasteiger partial charge in [0.05, 0.1) is 11.5 Å². The standard InChI is InChI=1S/C23H21ClN6OS2/c1-15-11-16(2)26-22(25-15)32-13-20-28-29-23(30(20)19-9-4-3-5-10-19)33-14-21(31)27-18-8-6-7-17(24)12-18/h3-12H,13-14H2,1-2H3,(H,27,31). The summed E-state index contributed by atoms with van der Waals surface area (Å²) in [5.74, 6) is 1.33. The molecule has 33 heavy (non-hydrogen) atoms. The van der Waals surface area contributed by atoms with Crippen molar-refractivity contribution >= 4 is 46.7 Å². The van der Waals surface area contributed by atoms with Crippen molar-refractivity contribution in [3.05, 3.63) is 82.9 Å². The molecule has 2 aromatic carbocycles. The summed E-state index contributed by atoms with van der Waals surface area (Å²) in [6, 6.07) is 18.8. The Balaban J connectivity index is 1.50. The zero-order valence-electron chi connectivity index (χ0n) is 18.0. The van der Waals surface area contributed by atoms with Gasteiger partial charge >= 0.3 is 0 Å². The molecule has 0 spiro atoms. The maximum absolute atomic E-state index is 12.5. The normalized spacial score (nSPS) is 10.9. The van der Waals surface area contributed by atoms with Crippen LogP contribution in [0.1, 0.15) is 17.2 Å². The number of thioether (sulfide) groups is 2. The van der Waals surface area contributed by atoms with Crippen molar-refractivity contribution in [1.29, 1.82) is 0 Å². The van der Waals surface area contributed by atoms with E-state index in [1.54, 1.807) is 24.3 Å². The minimum atomic E-state index is -0.149. The number of para-hydroxylation sites is 1. The molecule has 7 nitrogen and oxygen atoms in total. The van der Waals surface area contributed by atoms with E-state index in [2.05, 4.69) is 25.5 Å². The highest BCUT2D eigenvalue weighted by Crippen LogP contribution is 2.26. The van der Waals surface area contributed by atoms with Crippen LogP contribution >= 0.6 is 35.1 Å². The maximum Gasteiger partial charge on any atom is 0.234 e. The molecule has 1 amide bonds. The molecule has 0 aliphatic rings. The Labute approximate surface area is 205 Å². The zero-order valence-corrected chi connectivity index (χ0v) is 20.4. The van der Waals surface area contributed by atoms with Gasteiger partial charge < -0.3 is 5.32 Å². The molecule has 4 aromatic rings. The van der Waals surface area contributed by atoms with Gasteiger partial charge in [0, 0.05) is 27.8 Å². The molecule has 2 aromatic heterocycles. The Kier molecular flexibility index (Phi) is 7.64. The molecule has 0 saturated heterocycles. The lowest BCUT2D eigenvalue weighted by Crippen LogP contribution is -2.14. The summed E-state index contributed by atoms with van der Waals surface area (Å²) in [5.41, 5.74) is 3.44. The summed E-state index contributed by atoms with van der Waals surface area (Å²) in [5, 5.41) is 13.5. The molecule has 0 saturated carbocycles. The summed E-state index contributed by atoms with van der Waals surface area (Å²) >= 11 is 8.82. The number of nitrogens with one attached hydrogen (secondary N) is 1. The van der Waals surface area contributed by atoms with E-state index in [0.717, 1.165) is 22.9 Å². The molecule has 0 bridgehead atoms. The van der Waals surface area contributed by atoms with Gasteiger partial charge in [-0.05, 0) is 50.2 Å². The largest absolute Gasteiger partial charge is 0.325 e. The molecule has 2 heterocycles. The number of hydrogen-bond acceptors (Lipinski definition) is 7. The highest BCUT2D eigenvalue weighted by molar-refractivity contribution is 7.99. The number of hydrogen-bond donors (Lipinski definition) is 1. The maximum atomic E-state index is 12.5. The molecule has 0 fully saturated rings. The second-order valence-electron chi connectivity index (χ2n) is 7.14. The first-order valence-corrected chi connectivity index (χ1v) is 12.5. The van der Waals surface area contributed by atoms with E-state index in [9.17, 15) is 4.79 Å². The molecule has 0 aliphatic carbocycles. The van der Waals surface area contributed by atoms with E-state index in [0.29, 0.717) is 26.8 Å². The number of carbonyl (C=O) groups excluding carboxylic acids is 1. The van der Waals surface area contributed by atoms with Gasteiger partial charge in [-0.25, -0.2) is 9.97 Å². The molecule has 0 unspecified atom stereocenters. The van der Waals surface area contributed by atoms with Crippen LogP contribution in [0.3, 0.4) is 0 Å². The minimum absolute atomic E-state index is 0.149. The lowest BCUT2D eigenvalue weighted by Gasteiger charge is -2.10. The predicted octanol–water partition coefficient (Wildman–Crippen LogP) is 5.35. The highest BCUT2D eigenvalue weighted by atomic mass is 35.5. The van der Waals surface area contributed by atoms with Crippen LogP contribution < -0.4 is 5.32 Å². The average molecular weight is 497 g/mol. The van der Waals surface area contributed by atoms with Gasteiger partial charge in [0.25, 0.3) is 0 Å². The van der Waals surface area contributed by atoms with Crippen molar-refractivity contribution < 1.29 is 4.79 Å². The van der Waals surface area contributed by atoms with E-state index < -0.39 is 0 Å². The Morgan fingerprint density at radius 2 is 1.73 bits per heavy atom. The molecule has 4 rings (SSSR count). The van der Waals surface area contributed by atoms with Gasteiger partial charge in [-0.15, -0.1) is 10.2 Å². The number of carbonyl (C=O) groups is 1. The van der Waals surface area contributed by atoms with Crippen LogP contribution in [0.2, 0.25) is 5.02 Å². The molecule has 0 radical (unpaired) electrons. The van der Waals surface area contributed by atoms with Gasteiger partial charge in [-0.3, -0.25) is 9.36 Å². The van der Waals surface area contributed by atoms with Gasteiger partial charge in [-0.1, -0.05) is 59.4 Å². The fourth-order valence-corrected chi connectivity index (χ4v) is 4.93. The summed E-state index contributed by atoms with van der Waals surface area (Å²) in [6.45, 7) is 3.91. The molecule has 0 aliphatic heterocycles. The molecule has 0 atom stereocenters. The van der Waals surface area contributed by atoms with Crippen LogP contribution in [0.4, 0.5) is 5.69 Å². The monoisotopic (exact) mass is 496 g/mol. The number of benzene rings is 2. The number of rotatable bonds is 8. The summed E-state index contributed by atoms with van der Waals surface area (Å²) in [6.07, 6.45) is 0. The van der Waals surface area contributed by atoms with Crippen LogP contribution in [-0.4, -0.2) is 36.4 Å². The SMILES string of the molecule is Cc1cc(C)nc(SCc2nnc(SCC(=O)Nc3cccc(Cl)c3)n2-c2ccccc2)n1. The highest BCUT2D eigenvalue weighted by Gasteiger charge is 2.17. The van der Waals surface area contributed by atoms with Crippen molar-refractivity contribution in [2.75, 3.05) is 11.1 Å². The Morgan fingerprint density at radius 1 is 0.970 bits per heavy atom. The van der Waals surface area contributed by atoms with Crippen LogP contribution in [0.25, 0.3) is 5.69 Å². The van der Waals surface area contributed by atoms with Gasteiger partial charge in [0.1, 0.15) is 5.82 Å². The number of anilines is 1. The topological polar surface area (TPSA) is 85.6 Å². The summed E-state index contributed by atoms with van der Waals surface area (Å²) in [7, 11) is 0. The number of aryl methyl sites for hydroxylation is 2. The number of halogens is 1. The van der Waals surface area contributed by atoms with Crippen molar-refractivity contribution in [1.82, 2.24) is 24.7 Å². The molecule has 1 N–H and O–H groups in total. The second-order valence-corrected chi connectivity index (χ2v) is 9.46. The first-order chi connectivity index (χ1) is 16.0. The number of aromatic nitrogens is 5. The fraction of sp³-hybridized carbons (Fsp3) is 0.174. The van der Waals surface area contributed by atoms with Crippen molar-refractivity contribution in [2.45, 2.75) is 29.9 Å². The summed E-state index contributed by atoms with van der Waals surface area (Å²) in [4.78, 5) is 21.5. The third kappa shape index (κ3) is 6.34. The number of amides is 1. The van der Waals surface area contributed by atoms with Crippen molar-refractivity contribution in [3.63, 3.8) is 0 Å². The average Bonchev–Trinajstić information content (AvgIpc) is 3.19. The van der Waals surface area contributed by atoms with Crippen molar-refractivity contribution in [2.24, 2.45) is 0 Å². The van der Waals surface area contributed by atoms with Crippen LogP contribution in [0.5, 0.6) is 0 Å². The Morgan fingerprint density at radius 3 is 2.45 bits per heavy atom. The third-order valence-electron chi connectivity index (χ3n) is 4.45. The van der Waals surface area contributed by atoms with Crippen LogP contribution in [0, 0.1) is 13.8 Å². The van der Waals surface area contributed by atoms with Gasteiger partial charge in [0.2, 0.25) is 5.91 Å². The summed E-state index contributed by atoms with van der Waals surface area (Å²) < 4.78 is 1.97. The fourth-order valence-electron chi connectivity index (χ4n) is 3.10. The molecule has 168 valence electrons. The van der Waals surface area contributed by atoms with E-state index in [-0.39, 0.29) is 11.7 Å². The molecule has 10 heteroatoms. The molecular formula is C23H21ClN6OS2. The van der Waals surface area contributed by atoms with Crippen molar-refractivity contribution in [3.8, 4) is 5.69 Å². The van der Waals surface area contributed by atoms with Gasteiger partial charge in [0.15, 0.2) is 10.3 Å². The Hall–Kier alpha value is -2.88. The first-order valence-electron chi connectivity index (χ1n) is 10.1. The van der Waals surface area contributed by atoms with E-state index >= 15 is 0 Å². The first kappa shape index (κ1) is 23.3. The quantitative estimate of drug-likeness (QED) is 0.260. The van der Waals surface area contributed by atoms with E-state index in [1.165, 1.54) is 23.5 Å². The lowest BCUT2D eigenvalue weighted by molar-refractivity contribution is -0.113. The van der Waals surface area contributed by atoms with E-state index in [1.807, 2.05) is 54.8 Å². The minimum Gasteiger partial charge on any atom is -0.325 e. The number of nitrogens with zero attached hydrogens (tertiary/aromatic N) is 5. The van der Waals surface area contributed by atoms with E-state index in [4.69, 9.17) is 11.6 Å². The zero-order chi connectivity index (χ0) is 23.2. The molecular weight excluding hydrogens is 476 g/mol. The lowest BCUT2D eigenvalue weighted by atomic mass is 10.3. The predicted molar refractivity (Wildman–Crippen MR) is 133 cm³/mol. The Bertz CT molecular complexity index is 1240. The second kappa shape index (κ2) is 10.8.